The summed E-state index contributed by atoms with van der Waals surface area (Å²) in [7, 11) is 4.95. The Morgan fingerprint density at radius 1 is 0.378 bits per heavy atom. The molecule has 4 amide bonds. The van der Waals surface area contributed by atoms with E-state index >= 15 is 0 Å². The molecule has 127 heavy (non-hydrogen) atoms. The SMILES string of the molecule is CO[C@H]1C[C@H](CO)N(C(=O)CCCCC(=O)CCCSSCCOCCOCCC(=O)CC(CCCOC(=O)CCCCCCCNC(=O)CCCOC2OC(CO)C(O)C(O)C2C)(CCCOC(=O)CCCCCCCNC(=O)CCCOC2OC(CO)C(O)C(O)C2C)CCCOC(=O)NCCCCCCCC(=O)CCCOC2OC(CO)C(O)C(O)C2C)C1. The number of rotatable bonds is 77. The molecule has 17 atom stereocenters. The number of nitrogens with zero attached hydrogens (tertiary/aromatic N) is 1. The number of aliphatic hydroxyl groups is 10. The van der Waals surface area contributed by atoms with Gasteiger partial charge in [-0.25, -0.2) is 4.79 Å². The number of ketones is 3. The van der Waals surface area contributed by atoms with E-state index in [1.807, 2.05) is 0 Å². The zero-order valence-electron chi connectivity index (χ0n) is 76.3. The predicted molar refractivity (Wildman–Crippen MR) is 473 cm³/mol. The smallest absolute Gasteiger partial charge is 0.407 e. The van der Waals surface area contributed by atoms with Crippen molar-refractivity contribution in [2.24, 2.45) is 23.2 Å². The monoisotopic (exact) mass is 1860 g/mol. The molecule has 15 unspecified atom stereocenters. The van der Waals surface area contributed by atoms with Crippen LogP contribution in [0.4, 0.5) is 4.79 Å². The Bertz CT molecular complexity index is 2750. The third kappa shape index (κ3) is 49.4. The summed E-state index contributed by atoms with van der Waals surface area (Å²) in [6, 6.07) is -0.225. The van der Waals surface area contributed by atoms with E-state index in [2.05, 4.69) is 16.0 Å². The second-order valence-corrected chi connectivity index (χ2v) is 37.1. The maximum Gasteiger partial charge on any atom is 0.407 e. The number of carbonyl (C=O) groups excluding carboxylic acids is 9. The van der Waals surface area contributed by atoms with Crippen LogP contribution in [0, 0.1) is 23.2 Å². The predicted octanol–water partition coefficient (Wildman–Crippen LogP) is 6.85. The molecule has 0 saturated carbocycles. The molecular formula is C90H160N4O31S2. The standard InChI is InChI=1S/C90H160N4O31S2/c1-64-80(107)83(110)72(61-96)123-86(64)119-45-22-31-68(99)29-14-8-5-13-21-44-93-89(113)122-50-28-41-90(39-26-48-117-78(105)36-15-9-6-11-19-42-91-75(102)33-23-46-120-87-65(2)81(108)84(111)73(62-97)124-87,40-27-49-118-79(106)37-16-10-7-12-20-43-92-76(103)34-24-47-121-88-66(3)82(109)85(112)74(63-98)125-88)58-70(101)38-51-115-52-53-116-54-56-127-126-55-25-32-69(100)30-17-18-35-77(104)94-59-71(114-4)57-67(94)60-95/h64-67,71-74,80-88,95-98,107-112H,5-63H2,1-4H3,(H,91,102)(H,92,103)(H,93,113)/t64?,65?,66?,67-,71+,72?,73?,74?,80?,81?,82?,83?,84?,85?,86?,87?,88?,90?/m1/s1. The lowest BCUT2D eigenvalue weighted by atomic mass is 9.71. The molecule has 0 aromatic carbocycles. The molecule has 4 aliphatic heterocycles. The molecule has 0 radical (unpaired) electrons. The number of amides is 4. The first-order valence-corrected chi connectivity index (χ1v) is 49.6. The highest BCUT2D eigenvalue weighted by Gasteiger charge is 2.45. The third-order valence-electron chi connectivity index (χ3n) is 24.0. The van der Waals surface area contributed by atoms with Crippen LogP contribution in [0.3, 0.4) is 0 Å². The molecule has 4 heterocycles. The van der Waals surface area contributed by atoms with E-state index in [0.29, 0.717) is 168 Å². The number of likely N-dealkylation sites (tertiary alicyclic amines) is 1. The van der Waals surface area contributed by atoms with Gasteiger partial charge in [0.2, 0.25) is 17.7 Å². The van der Waals surface area contributed by atoms with Crippen molar-refractivity contribution in [3.05, 3.63) is 0 Å². The van der Waals surface area contributed by atoms with Crippen molar-refractivity contribution >= 4 is 74.7 Å². The second-order valence-electron chi connectivity index (χ2n) is 34.4. The Hall–Kier alpha value is -4.43. The fourth-order valence-electron chi connectivity index (χ4n) is 16.0. The van der Waals surface area contributed by atoms with Crippen molar-refractivity contribution in [2.75, 3.05) is 137 Å². The van der Waals surface area contributed by atoms with Gasteiger partial charge in [0.05, 0.1) is 123 Å². The highest BCUT2D eigenvalue weighted by molar-refractivity contribution is 8.76. The van der Waals surface area contributed by atoms with Crippen LogP contribution in [0.2, 0.25) is 0 Å². The van der Waals surface area contributed by atoms with Gasteiger partial charge in [-0.3, -0.25) is 38.4 Å². The molecule has 0 bridgehead atoms. The number of hydrogen-bond acceptors (Lipinski definition) is 33. The van der Waals surface area contributed by atoms with Crippen LogP contribution in [0.25, 0.3) is 0 Å². The van der Waals surface area contributed by atoms with Crippen molar-refractivity contribution < 1.29 is 151 Å². The van der Waals surface area contributed by atoms with Gasteiger partial charge in [-0.1, -0.05) is 100 Å². The van der Waals surface area contributed by atoms with E-state index in [1.165, 1.54) is 0 Å². The van der Waals surface area contributed by atoms with Crippen LogP contribution in [-0.4, -0.2) is 332 Å². The zero-order valence-corrected chi connectivity index (χ0v) is 78.0. The number of alkyl carbamates (subject to hydrolysis) is 1. The average Bonchev–Trinajstić information content (AvgIpc) is 1.76. The largest absolute Gasteiger partial charge is 0.466 e. The maximum atomic E-state index is 14.2. The van der Waals surface area contributed by atoms with Gasteiger partial charge in [0.25, 0.3) is 0 Å². The number of nitrogens with one attached hydrogen (secondary N) is 3. The Morgan fingerprint density at radius 3 is 1.22 bits per heavy atom. The molecule has 738 valence electrons. The Kier molecular flexibility index (Phi) is 63.6. The summed E-state index contributed by atoms with van der Waals surface area (Å²) in [5.74, 6) is -0.760. The summed E-state index contributed by atoms with van der Waals surface area (Å²) in [5.41, 5.74) is -0.675. The number of methoxy groups -OCH3 is 1. The van der Waals surface area contributed by atoms with Gasteiger partial charge in [-0.2, -0.15) is 0 Å². The van der Waals surface area contributed by atoms with E-state index in [1.54, 1.807) is 54.4 Å². The molecule has 0 spiro atoms. The van der Waals surface area contributed by atoms with Crippen molar-refractivity contribution in [1.29, 1.82) is 0 Å². The van der Waals surface area contributed by atoms with E-state index in [0.717, 1.165) is 95.0 Å². The summed E-state index contributed by atoms with van der Waals surface area (Å²) in [5, 5.41) is 108. The summed E-state index contributed by atoms with van der Waals surface area (Å²) in [6.45, 7) is 7.48. The summed E-state index contributed by atoms with van der Waals surface area (Å²) in [6.07, 6.45) is 8.26. The number of unbranched alkanes of at least 4 members (excludes halogenated alkanes) is 13. The number of aliphatic hydroxyl groups excluding tert-OH is 10. The molecule has 0 aromatic heterocycles. The molecule has 4 aliphatic rings. The normalized spacial score (nSPS) is 24.7. The van der Waals surface area contributed by atoms with Crippen LogP contribution in [0.5, 0.6) is 0 Å². The molecule has 4 saturated heterocycles. The highest BCUT2D eigenvalue weighted by atomic mass is 33.1. The molecule has 4 rings (SSSR count). The molecular weight excluding hydrogens is 1700 g/mol. The number of carbonyl (C=O) groups is 9. The minimum atomic E-state index is -1.23. The van der Waals surface area contributed by atoms with Crippen LogP contribution >= 0.6 is 21.6 Å². The average molecular weight is 1860 g/mol. The zero-order chi connectivity index (χ0) is 92.8. The van der Waals surface area contributed by atoms with E-state index in [-0.39, 0.29) is 157 Å². The molecule has 4 fully saturated rings. The maximum absolute atomic E-state index is 14.2. The summed E-state index contributed by atoms with van der Waals surface area (Å²) < 4.78 is 68.3. The van der Waals surface area contributed by atoms with E-state index in [9.17, 15) is 94.2 Å². The van der Waals surface area contributed by atoms with Gasteiger partial charge in [-0.05, 0) is 127 Å². The number of hydrogen-bond donors (Lipinski definition) is 13. The fourth-order valence-corrected chi connectivity index (χ4v) is 17.9. The quantitative estimate of drug-likeness (QED) is 0.0128. The van der Waals surface area contributed by atoms with Crippen molar-refractivity contribution in [3.63, 3.8) is 0 Å². The van der Waals surface area contributed by atoms with Crippen LogP contribution in [-0.2, 0) is 95.2 Å². The number of ether oxygens (including phenoxy) is 12. The first-order valence-electron chi connectivity index (χ1n) is 47.2. The third-order valence-corrected chi connectivity index (χ3v) is 26.4. The molecule has 0 aromatic rings. The van der Waals surface area contributed by atoms with Gasteiger partial charge in [-0.15, -0.1) is 0 Å². The van der Waals surface area contributed by atoms with Crippen LogP contribution < -0.4 is 16.0 Å². The molecule has 13 N–H and O–H groups in total. The van der Waals surface area contributed by atoms with E-state index in [4.69, 9.17) is 56.8 Å². The van der Waals surface area contributed by atoms with Crippen LogP contribution in [0.15, 0.2) is 0 Å². The topological polar surface area (TPSA) is 506 Å². The van der Waals surface area contributed by atoms with Gasteiger partial charge in [0.1, 0.15) is 54.0 Å². The Labute approximate surface area is 760 Å². The van der Waals surface area contributed by atoms with Crippen LogP contribution in [0.1, 0.15) is 271 Å². The van der Waals surface area contributed by atoms with Gasteiger partial charge in [0.15, 0.2) is 18.9 Å². The van der Waals surface area contributed by atoms with Crippen molar-refractivity contribution in [2.45, 2.75) is 357 Å². The minimum Gasteiger partial charge on any atom is -0.466 e. The first kappa shape index (κ1) is 115. The van der Waals surface area contributed by atoms with Crippen molar-refractivity contribution in [3.8, 4) is 0 Å². The highest BCUT2D eigenvalue weighted by Crippen LogP contribution is 2.40. The minimum absolute atomic E-state index is 0.0163. The Balaban J connectivity index is 1.23. The molecule has 35 nitrogen and oxygen atoms in total. The first-order chi connectivity index (χ1) is 61.3. The lowest BCUT2D eigenvalue weighted by Crippen LogP contribution is -2.55. The van der Waals surface area contributed by atoms with Gasteiger partial charge < -0.3 is 129 Å². The lowest BCUT2D eigenvalue weighted by molar-refractivity contribution is -0.282. The second kappa shape index (κ2) is 70.3. The fraction of sp³-hybridized carbons (Fsp3) is 0.900. The number of esters is 2. The Morgan fingerprint density at radius 2 is 0.764 bits per heavy atom. The van der Waals surface area contributed by atoms with Crippen molar-refractivity contribution in [1.82, 2.24) is 20.9 Å². The lowest BCUT2D eigenvalue weighted by Gasteiger charge is -2.40. The molecule has 37 heteroatoms. The summed E-state index contributed by atoms with van der Waals surface area (Å²) in [4.78, 5) is 118. The van der Waals surface area contributed by atoms with Gasteiger partial charge >= 0.3 is 18.0 Å². The van der Waals surface area contributed by atoms with E-state index < -0.39 is 123 Å². The van der Waals surface area contributed by atoms with Gasteiger partial charge in [0, 0.05) is 133 Å². The number of Topliss-reactive ketones (excluding diaryl/α,β-unsaturated/α-hetero) is 3. The molecule has 0 aliphatic carbocycles. The summed E-state index contributed by atoms with van der Waals surface area (Å²) >= 11 is 0.